The first-order chi connectivity index (χ1) is 10.9. The van der Waals surface area contributed by atoms with Crippen LogP contribution in [0.1, 0.15) is 13.3 Å². The monoisotopic (exact) mass is 332 g/mol. The number of nitrogens with one attached hydrogen (secondary N) is 2. The number of para-hydroxylation sites is 2. The van der Waals surface area contributed by atoms with Gasteiger partial charge in [-0.05, 0) is 19.1 Å². The van der Waals surface area contributed by atoms with Gasteiger partial charge in [0.1, 0.15) is 5.75 Å². The molecule has 1 saturated heterocycles. The second-order valence-corrected chi connectivity index (χ2v) is 5.45. The molecule has 7 heteroatoms. The number of rotatable bonds is 5. The third kappa shape index (κ3) is 4.01. The molecule has 0 saturated carbocycles. The number of thiocarbonyl (C=S) groups is 1. The Morgan fingerprint density at radius 1 is 1.39 bits per heavy atom. The molecule has 2 N–H and O–H groups in total. The van der Waals surface area contributed by atoms with Gasteiger partial charge in [0.15, 0.2) is 5.78 Å². The van der Waals surface area contributed by atoms with Crippen LogP contribution in [0, 0.1) is 5.92 Å². The summed E-state index contributed by atoms with van der Waals surface area (Å²) in [5.41, 5.74) is 0.412. The number of ether oxygens (including phenoxy) is 1. The lowest BCUT2D eigenvalue weighted by molar-refractivity contribution is -0.120. The molecule has 0 aliphatic carbocycles. The zero-order valence-corrected chi connectivity index (χ0v) is 13.5. The minimum absolute atomic E-state index is 0.0419. The van der Waals surface area contributed by atoms with E-state index in [1.807, 2.05) is 0 Å². The molecule has 0 radical (unpaired) electrons. The van der Waals surface area contributed by atoms with E-state index in [1.54, 1.807) is 24.3 Å². The molecule has 0 spiro atoms. The Hall–Kier alpha value is -2.54. The van der Waals surface area contributed by atoms with Crippen molar-refractivity contribution in [1.29, 1.82) is 0 Å². The van der Waals surface area contributed by atoms with Crippen molar-refractivity contribution in [3.63, 3.8) is 0 Å². The Balaban J connectivity index is 2.24. The topological polar surface area (TPSA) is 84.5 Å². The summed E-state index contributed by atoms with van der Waals surface area (Å²) in [7, 11) is 1.49. The highest BCUT2D eigenvalue weighted by Crippen LogP contribution is 2.24. The molecule has 1 aromatic carbocycles. The van der Waals surface area contributed by atoms with Crippen molar-refractivity contribution in [3.05, 3.63) is 35.9 Å². The zero-order chi connectivity index (χ0) is 17.0. The highest BCUT2D eigenvalue weighted by molar-refractivity contribution is 7.80. The summed E-state index contributed by atoms with van der Waals surface area (Å²) in [6.45, 7) is 1.29. The molecule has 0 bridgehead atoms. The van der Waals surface area contributed by atoms with Crippen molar-refractivity contribution in [2.45, 2.75) is 13.3 Å². The maximum atomic E-state index is 12.4. The van der Waals surface area contributed by atoms with Crippen LogP contribution in [0.5, 0.6) is 5.75 Å². The molecule has 1 unspecified atom stereocenters. The molecule has 2 rings (SSSR count). The van der Waals surface area contributed by atoms with Gasteiger partial charge in [-0.3, -0.25) is 14.4 Å². The lowest BCUT2D eigenvalue weighted by Crippen LogP contribution is -2.22. The molecule has 1 heterocycles. The number of anilines is 1. The van der Waals surface area contributed by atoms with Gasteiger partial charge in [-0.15, -0.1) is 0 Å². The van der Waals surface area contributed by atoms with Crippen LogP contribution in [0.3, 0.4) is 0 Å². The molecule has 1 atom stereocenters. The molecule has 1 aliphatic rings. The third-order valence-electron chi connectivity index (χ3n) is 3.35. The van der Waals surface area contributed by atoms with Gasteiger partial charge >= 0.3 is 0 Å². The van der Waals surface area contributed by atoms with E-state index in [1.165, 1.54) is 20.1 Å². The number of carbonyl (C=O) groups is 3. The second-order valence-electron chi connectivity index (χ2n) is 5.01. The van der Waals surface area contributed by atoms with Gasteiger partial charge < -0.3 is 15.4 Å². The highest BCUT2D eigenvalue weighted by atomic mass is 32.1. The number of ketones is 1. The number of methoxy groups -OCH3 is 1. The van der Waals surface area contributed by atoms with Gasteiger partial charge in [0.2, 0.25) is 5.91 Å². The Kier molecular flexibility index (Phi) is 5.23. The normalized spacial score (nSPS) is 17.7. The minimum Gasteiger partial charge on any atom is -0.495 e. The number of benzene rings is 1. The van der Waals surface area contributed by atoms with Gasteiger partial charge in [0, 0.05) is 12.3 Å². The fraction of sp³-hybridized carbons (Fsp3) is 0.250. The first-order valence-corrected chi connectivity index (χ1v) is 7.34. The standard InChI is InChI=1S/C16H16N2O4S/c1-9(19)11(7-10-8-14(20)18-16(10)23)15(21)17-12-5-3-4-6-13(12)22-2/h3-7,10H,8H2,1-2H3,(H,17,21)(H,18,20,23). The molecule has 0 aromatic heterocycles. The van der Waals surface area contributed by atoms with Crippen molar-refractivity contribution in [3.8, 4) is 5.75 Å². The van der Waals surface area contributed by atoms with E-state index in [-0.39, 0.29) is 17.9 Å². The second kappa shape index (κ2) is 7.15. The first kappa shape index (κ1) is 16.8. The van der Waals surface area contributed by atoms with Gasteiger partial charge in [0.25, 0.3) is 5.91 Å². The number of carbonyl (C=O) groups excluding carboxylic acids is 3. The van der Waals surface area contributed by atoms with E-state index in [0.717, 1.165) is 0 Å². The summed E-state index contributed by atoms with van der Waals surface area (Å²) in [6, 6.07) is 6.87. The van der Waals surface area contributed by atoms with E-state index in [2.05, 4.69) is 10.6 Å². The largest absolute Gasteiger partial charge is 0.495 e. The molecule has 1 aromatic rings. The molecular formula is C16H16N2O4S. The van der Waals surface area contributed by atoms with Gasteiger partial charge in [-0.2, -0.15) is 0 Å². The number of Topliss-reactive ketones (excluding diaryl/α,β-unsaturated/α-hetero) is 1. The Labute approximate surface area is 138 Å². The molecule has 6 nitrogen and oxygen atoms in total. The third-order valence-corrected chi connectivity index (χ3v) is 3.76. The highest BCUT2D eigenvalue weighted by Gasteiger charge is 2.28. The van der Waals surface area contributed by atoms with E-state index in [4.69, 9.17) is 17.0 Å². The lowest BCUT2D eigenvalue weighted by Gasteiger charge is -2.11. The van der Waals surface area contributed by atoms with E-state index in [9.17, 15) is 14.4 Å². The number of hydrogen-bond acceptors (Lipinski definition) is 5. The van der Waals surface area contributed by atoms with E-state index in [0.29, 0.717) is 16.4 Å². The van der Waals surface area contributed by atoms with Crippen molar-refractivity contribution >= 4 is 40.5 Å². The smallest absolute Gasteiger partial charge is 0.259 e. The Morgan fingerprint density at radius 3 is 2.65 bits per heavy atom. The fourth-order valence-electron chi connectivity index (χ4n) is 2.20. The van der Waals surface area contributed by atoms with Crippen molar-refractivity contribution < 1.29 is 19.1 Å². The SMILES string of the molecule is COc1ccccc1NC(=O)C(=CC1CC(=O)NC1=S)C(C)=O. The molecular weight excluding hydrogens is 316 g/mol. The van der Waals surface area contributed by atoms with Crippen molar-refractivity contribution in [2.24, 2.45) is 5.92 Å². The maximum Gasteiger partial charge on any atom is 0.259 e. The summed E-state index contributed by atoms with van der Waals surface area (Å²) >= 11 is 5.04. The summed E-state index contributed by atoms with van der Waals surface area (Å²) in [5.74, 6) is -1.15. The molecule has 23 heavy (non-hydrogen) atoms. The molecule has 1 aliphatic heterocycles. The minimum atomic E-state index is -0.566. The average Bonchev–Trinajstić information content (AvgIpc) is 2.82. The van der Waals surface area contributed by atoms with Crippen molar-refractivity contribution in [2.75, 3.05) is 12.4 Å². The molecule has 2 amide bonds. The van der Waals surface area contributed by atoms with Crippen LogP contribution in [0.2, 0.25) is 0 Å². The predicted octanol–water partition coefficient (Wildman–Crippen LogP) is 1.61. The molecule has 120 valence electrons. The van der Waals surface area contributed by atoms with Gasteiger partial charge in [-0.25, -0.2) is 0 Å². The van der Waals surface area contributed by atoms with Gasteiger partial charge in [-0.1, -0.05) is 30.4 Å². The summed E-state index contributed by atoms with van der Waals surface area (Å²) < 4.78 is 5.16. The van der Waals surface area contributed by atoms with E-state index >= 15 is 0 Å². The molecule has 1 fully saturated rings. The van der Waals surface area contributed by atoms with Crippen LogP contribution >= 0.6 is 12.2 Å². The lowest BCUT2D eigenvalue weighted by atomic mass is 10.0. The number of hydrogen-bond donors (Lipinski definition) is 2. The van der Waals surface area contributed by atoms with E-state index < -0.39 is 17.6 Å². The summed E-state index contributed by atoms with van der Waals surface area (Å²) in [6.07, 6.45) is 1.57. The van der Waals surface area contributed by atoms with Crippen LogP contribution in [0.15, 0.2) is 35.9 Å². The number of amides is 2. The van der Waals surface area contributed by atoms with Crippen LogP contribution in [-0.4, -0.2) is 29.7 Å². The fourth-order valence-corrected chi connectivity index (χ4v) is 2.47. The predicted molar refractivity (Wildman–Crippen MR) is 89.2 cm³/mol. The van der Waals surface area contributed by atoms with Crippen molar-refractivity contribution in [1.82, 2.24) is 5.32 Å². The van der Waals surface area contributed by atoms with Crippen LogP contribution in [0.4, 0.5) is 5.69 Å². The average molecular weight is 332 g/mol. The Bertz CT molecular complexity index is 712. The van der Waals surface area contributed by atoms with Crippen LogP contribution < -0.4 is 15.4 Å². The first-order valence-electron chi connectivity index (χ1n) is 6.93. The maximum absolute atomic E-state index is 12.4. The zero-order valence-electron chi connectivity index (χ0n) is 12.7. The van der Waals surface area contributed by atoms with Crippen LogP contribution in [-0.2, 0) is 14.4 Å². The summed E-state index contributed by atoms with van der Waals surface area (Å²) in [4.78, 5) is 35.8. The van der Waals surface area contributed by atoms with Gasteiger partial charge in [0.05, 0.1) is 23.4 Å². The quantitative estimate of drug-likeness (QED) is 0.370. The summed E-state index contributed by atoms with van der Waals surface area (Å²) in [5, 5.41) is 5.14. The Morgan fingerprint density at radius 2 is 2.09 bits per heavy atom. The van der Waals surface area contributed by atoms with Crippen LogP contribution in [0.25, 0.3) is 0 Å².